The highest BCUT2D eigenvalue weighted by Gasteiger charge is 2.43. The largest absolute Gasteiger partial charge is 0.115 e. The third kappa shape index (κ3) is 6.09. The van der Waals surface area contributed by atoms with E-state index in [-0.39, 0.29) is 0 Å². The van der Waals surface area contributed by atoms with Gasteiger partial charge in [0.2, 0.25) is 0 Å². The Labute approximate surface area is 188 Å². The molecule has 152 valence electrons. The van der Waals surface area contributed by atoms with Crippen molar-refractivity contribution in [3.8, 4) is 23.7 Å². The summed E-state index contributed by atoms with van der Waals surface area (Å²) >= 11 is 0. The van der Waals surface area contributed by atoms with Gasteiger partial charge in [0, 0.05) is 6.42 Å². The molecule has 31 heavy (non-hydrogen) atoms. The number of allylic oxidation sites excluding steroid dienone is 4. The van der Waals surface area contributed by atoms with Crippen molar-refractivity contribution in [1.82, 2.24) is 0 Å². The van der Waals surface area contributed by atoms with Gasteiger partial charge in [0.05, 0.1) is 6.16 Å². The minimum Gasteiger partial charge on any atom is -0.0891 e. The van der Waals surface area contributed by atoms with Crippen LogP contribution in [-0.2, 0) is 0 Å². The first-order chi connectivity index (χ1) is 15.4. The van der Waals surface area contributed by atoms with E-state index in [1.807, 2.05) is 12.2 Å². The lowest BCUT2D eigenvalue weighted by Gasteiger charge is -2.26. The van der Waals surface area contributed by atoms with Crippen LogP contribution < -0.4 is 15.9 Å². The van der Waals surface area contributed by atoms with Crippen LogP contribution in [0.1, 0.15) is 19.8 Å². The first-order valence-corrected chi connectivity index (χ1v) is 12.7. The van der Waals surface area contributed by atoms with Gasteiger partial charge in [-0.25, -0.2) is 0 Å². The van der Waals surface area contributed by atoms with Crippen molar-refractivity contribution in [2.75, 3.05) is 6.16 Å². The SMILES string of the molecule is CCCC#CC#C/C=C/C=C/C[P+](c1ccccc1)(c1ccccc1)c1ccccc1. The molecule has 0 N–H and O–H groups in total. The van der Waals surface area contributed by atoms with Gasteiger partial charge >= 0.3 is 0 Å². The highest BCUT2D eigenvalue weighted by molar-refractivity contribution is 7.95. The Morgan fingerprint density at radius 3 is 1.68 bits per heavy atom. The zero-order valence-corrected chi connectivity index (χ0v) is 18.9. The van der Waals surface area contributed by atoms with Crippen molar-refractivity contribution in [2.45, 2.75) is 19.8 Å². The molecule has 0 fully saturated rings. The monoisotopic (exact) mass is 419 g/mol. The summed E-state index contributed by atoms with van der Waals surface area (Å²) in [6, 6.07) is 32.8. The fourth-order valence-electron chi connectivity index (χ4n) is 3.52. The van der Waals surface area contributed by atoms with Crippen LogP contribution in [0.4, 0.5) is 0 Å². The Kier molecular flexibility index (Phi) is 8.95. The maximum Gasteiger partial charge on any atom is 0.115 e. The second-order valence-corrected chi connectivity index (χ2v) is 10.6. The van der Waals surface area contributed by atoms with Crippen LogP contribution >= 0.6 is 7.26 Å². The van der Waals surface area contributed by atoms with Gasteiger partial charge in [0.25, 0.3) is 0 Å². The summed E-state index contributed by atoms with van der Waals surface area (Å²) in [6.07, 6.45) is 11.2. The molecule has 0 aliphatic carbocycles. The standard InChI is InChI=1S/C30H28P/c1-2-3-4-5-6-7-8-9-10-20-27-31(28-21-14-11-15-22-28,29-23-16-12-17-24-29)30-25-18-13-19-26-30/h8-26H,2-3,27H2,1H3/q+1/b9-8+,20-10+. The van der Waals surface area contributed by atoms with E-state index in [4.69, 9.17) is 0 Å². The molecule has 0 spiro atoms. The maximum absolute atomic E-state index is 3.04. The Morgan fingerprint density at radius 2 is 1.19 bits per heavy atom. The number of hydrogen-bond acceptors (Lipinski definition) is 0. The van der Waals surface area contributed by atoms with Crippen LogP contribution in [0.3, 0.4) is 0 Å². The van der Waals surface area contributed by atoms with Crippen LogP contribution in [0.15, 0.2) is 115 Å². The molecule has 0 saturated carbocycles. The van der Waals surface area contributed by atoms with E-state index < -0.39 is 7.26 Å². The molecule has 1 heteroatoms. The number of rotatable bonds is 7. The number of benzene rings is 3. The second-order valence-electron chi connectivity index (χ2n) is 7.11. The van der Waals surface area contributed by atoms with E-state index in [2.05, 4.69) is 134 Å². The van der Waals surface area contributed by atoms with Crippen molar-refractivity contribution >= 4 is 23.2 Å². The molecule has 0 saturated heterocycles. The van der Waals surface area contributed by atoms with E-state index in [1.165, 1.54) is 15.9 Å². The fourth-order valence-corrected chi connectivity index (χ4v) is 7.53. The van der Waals surface area contributed by atoms with Crippen LogP contribution in [0.2, 0.25) is 0 Å². The van der Waals surface area contributed by atoms with E-state index >= 15 is 0 Å². The van der Waals surface area contributed by atoms with E-state index in [9.17, 15) is 0 Å². The van der Waals surface area contributed by atoms with Gasteiger partial charge in [-0.3, -0.25) is 0 Å². The van der Waals surface area contributed by atoms with Gasteiger partial charge in [0.15, 0.2) is 0 Å². The molecule has 0 bridgehead atoms. The summed E-state index contributed by atoms with van der Waals surface area (Å²) in [5.41, 5.74) is 0. The first kappa shape index (κ1) is 22.4. The number of hydrogen-bond donors (Lipinski definition) is 0. The maximum atomic E-state index is 3.04. The minimum absolute atomic E-state index is 0.905. The Bertz CT molecular complexity index is 1010. The molecule has 0 aromatic heterocycles. The number of unbranched alkanes of at least 4 members (excludes halogenated alkanes) is 1. The Morgan fingerprint density at radius 1 is 0.677 bits per heavy atom. The third-order valence-electron chi connectivity index (χ3n) is 4.99. The predicted molar refractivity (Wildman–Crippen MR) is 139 cm³/mol. The molecular formula is C30H28P+. The van der Waals surface area contributed by atoms with Gasteiger partial charge in [-0.1, -0.05) is 85.5 Å². The molecule has 0 aliphatic rings. The normalized spacial score (nSPS) is 11.0. The summed E-state index contributed by atoms with van der Waals surface area (Å²) in [6.45, 7) is 2.12. The molecule has 3 aromatic rings. The van der Waals surface area contributed by atoms with Crippen molar-refractivity contribution in [1.29, 1.82) is 0 Å². The Balaban J connectivity index is 1.94. The minimum atomic E-state index is -1.81. The van der Waals surface area contributed by atoms with Gasteiger partial charge in [-0.2, -0.15) is 0 Å². The van der Waals surface area contributed by atoms with Crippen LogP contribution in [-0.4, -0.2) is 6.16 Å². The molecule has 0 radical (unpaired) electrons. The molecular weight excluding hydrogens is 391 g/mol. The summed E-state index contributed by atoms with van der Waals surface area (Å²) < 4.78 is 0. The summed E-state index contributed by atoms with van der Waals surface area (Å²) in [5.74, 6) is 11.8. The Hall–Kier alpha value is -3.31. The fraction of sp³-hybridized carbons (Fsp3) is 0.133. The van der Waals surface area contributed by atoms with Gasteiger partial charge in [0.1, 0.15) is 23.2 Å². The van der Waals surface area contributed by atoms with Crippen LogP contribution in [0, 0.1) is 23.7 Å². The highest BCUT2D eigenvalue weighted by atomic mass is 31.2. The average molecular weight is 420 g/mol. The molecule has 3 aromatic carbocycles. The quantitative estimate of drug-likeness (QED) is 0.254. The second kappa shape index (κ2) is 12.4. The van der Waals surface area contributed by atoms with Crippen molar-refractivity contribution in [3.63, 3.8) is 0 Å². The molecule has 0 aliphatic heterocycles. The molecule has 0 heterocycles. The highest BCUT2D eigenvalue weighted by Crippen LogP contribution is 2.55. The van der Waals surface area contributed by atoms with E-state index in [1.54, 1.807) is 0 Å². The smallest absolute Gasteiger partial charge is 0.0891 e. The summed E-state index contributed by atoms with van der Waals surface area (Å²) in [7, 11) is -1.81. The topological polar surface area (TPSA) is 0 Å². The lowest BCUT2D eigenvalue weighted by Crippen LogP contribution is -2.32. The lowest BCUT2D eigenvalue weighted by atomic mass is 10.3. The molecule has 0 nitrogen and oxygen atoms in total. The molecule has 0 unspecified atom stereocenters. The molecule has 3 rings (SSSR count). The van der Waals surface area contributed by atoms with Crippen LogP contribution in [0.25, 0.3) is 0 Å². The molecule has 0 amide bonds. The van der Waals surface area contributed by atoms with Crippen molar-refractivity contribution in [2.24, 2.45) is 0 Å². The zero-order chi connectivity index (χ0) is 21.6. The predicted octanol–water partition coefficient (Wildman–Crippen LogP) is 5.90. The van der Waals surface area contributed by atoms with E-state index in [0.717, 1.165) is 19.0 Å². The van der Waals surface area contributed by atoms with E-state index in [0.29, 0.717) is 0 Å². The van der Waals surface area contributed by atoms with Gasteiger partial charge in [-0.05, 0) is 66.8 Å². The zero-order valence-electron chi connectivity index (χ0n) is 18.0. The first-order valence-electron chi connectivity index (χ1n) is 10.7. The van der Waals surface area contributed by atoms with Crippen LogP contribution in [0.5, 0.6) is 0 Å². The average Bonchev–Trinajstić information content (AvgIpc) is 2.84. The third-order valence-corrected chi connectivity index (χ3v) is 9.29. The summed E-state index contributed by atoms with van der Waals surface area (Å²) in [5, 5.41) is 4.19. The van der Waals surface area contributed by atoms with Crippen molar-refractivity contribution in [3.05, 3.63) is 115 Å². The molecule has 0 atom stereocenters. The lowest BCUT2D eigenvalue weighted by molar-refractivity contribution is 0.983. The van der Waals surface area contributed by atoms with Gasteiger partial charge in [-0.15, -0.1) is 0 Å². The summed E-state index contributed by atoms with van der Waals surface area (Å²) in [4.78, 5) is 0. The van der Waals surface area contributed by atoms with Gasteiger partial charge < -0.3 is 0 Å². The van der Waals surface area contributed by atoms with Crippen molar-refractivity contribution < 1.29 is 0 Å².